The smallest absolute Gasteiger partial charge is 0.316 e. The molecule has 0 N–H and O–H groups in total. The van der Waals surface area contributed by atoms with Crippen LogP contribution in [0.4, 0.5) is 11.4 Å². The molecule has 3 amide bonds. The van der Waals surface area contributed by atoms with E-state index >= 15 is 0 Å². The summed E-state index contributed by atoms with van der Waals surface area (Å²) < 4.78 is 5.57. The maximum atomic E-state index is 13.1. The molecule has 9 heteroatoms. The second-order valence-corrected chi connectivity index (χ2v) is 10.4. The summed E-state index contributed by atoms with van der Waals surface area (Å²) in [6, 6.07) is 9.63. The molecule has 0 spiro atoms. The molecule has 1 aliphatic carbocycles. The molecule has 0 bridgehead atoms. The average molecular weight is 527 g/mol. The van der Waals surface area contributed by atoms with Gasteiger partial charge in [0.25, 0.3) is 0 Å². The third kappa shape index (κ3) is 4.20. The minimum absolute atomic E-state index is 0.00112. The first-order valence-corrected chi connectivity index (χ1v) is 12.5. The highest BCUT2D eigenvalue weighted by atomic mass is 35.5. The molecule has 2 fully saturated rings. The summed E-state index contributed by atoms with van der Waals surface area (Å²) in [7, 11) is 0. The number of amides is 3. The SMILES string of the molecule is Cc1cc(OC(=O)[C@@H]2CC(=O)N(c3cc(Cl)ccc3Cl)C2)ccc1N1C(=O)[C@@H]2[C@@H](C)C=CC[C@H]2C1=O. The number of anilines is 2. The summed E-state index contributed by atoms with van der Waals surface area (Å²) in [6.45, 7) is 3.84. The fourth-order valence-corrected chi connectivity index (χ4v) is 5.70. The van der Waals surface area contributed by atoms with Gasteiger partial charge in [-0.1, -0.05) is 42.3 Å². The van der Waals surface area contributed by atoms with E-state index in [1.54, 1.807) is 43.3 Å². The summed E-state index contributed by atoms with van der Waals surface area (Å²) >= 11 is 12.3. The predicted molar refractivity (Wildman–Crippen MR) is 136 cm³/mol. The van der Waals surface area contributed by atoms with E-state index in [2.05, 4.69) is 0 Å². The number of esters is 1. The van der Waals surface area contributed by atoms with E-state index in [0.29, 0.717) is 33.4 Å². The molecule has 2 aromatic carbocycles. The molecule has 0 saturated carbocycles. The van der Waals surface area contributed by atoms with Crippen LogP contribution >= 0.6 is 23.2 Å². The topological polar surface area (TPSA) is 84.0 Å². The van der Waals surface area contributed by atoms with Gasteiger partial charge in [-0.2, -0.15) is 0 Å². The Morgan fingerprint density at radius 3 is 2.53 bits per heavy atom. The van der Waals surface area contributed by atoms with Crippen LogP contribution in [0, 0.1) is 30.6 Å². The Morgan fingerprint density at radius 2 is 1.81 bits per heavy atom. The van der Waals surface area contributed by atoms with Crippen molar-refractivity contribution in [1.82, 2.24) is 0 Å². The van der Waals surface area contributed by atoms with Gasteiger partial charge in [-0.3, -0.25) is 19.2 Å². The zero-order valence-corrected chi connectivity index (χ0v) is 21.3. The number of hydrogen-bond acceptors (Lipinski definition) is 5. The molecule has 3 aliphatic rings. The zero-order valence-electron chi connectivity index (χ0n) is 19.7. The van der Waals surface area contributed by atoms with E-state index in [9.17, 15) is 19.2 Å². The molecule has 186 valence electrons. The van der Waals surface area contributed by atoms with Gasteiger partial charge in [0.15, 0.2) is 0 Å². The molecule has 0 aromatic heterocycles. The molecular weight excluding hydrogens is 503 g/mol. The van der Waals surface area contributed by atoms with Gasteiger partial charge in [-0.15, -0.1) is 0 Å². The van der Waals surface area contributed by atoms with E-state index < -0.39 is 11.9 Å². The number of benzene rings is 2. The van der Waals surface area contributed by atoms with Gasteiger partial charge < -0.3 is 9.64 Å². The maximum Gasteiger partial charge on any atom is 0.316 e. The first kappa shape index (κ1) is 24.5. The molecule has 5 rings (SSSR count). The van der Waals surface area contributed by atoms with E-state index in [1.807, 2.05) is 19.1 Å². The molecule has 2 aromatic rings. The lowest BCUT2D eigenvalue weighted by Crippen LogP contribution is -2.32. The largest absolute Gasteiger partial charge is 0.426 e. The summed E-state index contributed by atoms with van der Waals surface area (Å²) in [5, 5.41) is 0.799. The molecular formula is C27H24Cl2N2O5. The summed E-state index contributed by atoms with van der Waals surface area (Å²) in [5.74, 6) is -2.27. The number of ether oxygens (including phenoxy) is 1. The van der Waals surface area contributed by atoms with Crippen molar-refractivity contribution in [3.05, 3.63) is 64.2 Å². The van der Waals surface area contributed by atoms with Crippen LogP contribution in [0.1, 0.15) is 25.3 Å². The predicted octanol–water partition coefficient (Wildman–Crippen LogP) is 4.96. The fraction of sp³-hybridized carbons (Fsp3) is 0.333. The number of fused-ring (bicyclic) bond motifs is 1. The molecule has 0 radical (unpaired) electrons. The molecule has 2 saturated heterocycles. The normalized spacial score (nSPS) is 25.5. The minimum atomic E-state index is -0.675. The second kappa shape index (κ2) is 9.37. The fourth-order valence-electron chi connectivity index (χ4n) is 5.32. The lowest BCUT2D eigenvalue weighted by molar-refractivity contribution is -0.139. The number of nitrogens with zero attached hydrogens (tertiary/aromatic N) is 2. The number of halogens is 2. The van der Waals surface area contributed by atoms with Crippen molar-refractivity contribution in [3.63, 3.8) is 0 Å². The van der Waals surface area contributed by atoms with Crippen molar-refractivity contribution < 1.29 is 23.9 Å². The molecule has 2 heterocycles. The van der Waals surface area contributed by atoms with Gasteiger partial charge in [0.2, 0.25) is 17.7 Å². The Kier molecular flexibility index (Phi) is 6.39. The Hall–Kier alpha value is -3.16. The van der Waals surface area contributed by atoms with Gasteiger partial charge in [0.1, 0.15) is 5.75 Å². The van der Waals surface area contributed by atoms with Crippen LogP contribution in [-0.2, 0) is 19.2 Å². The van der Waals surface area contributed by atoms with E-state index in [1.165, 1.54) is 9.80 Å². The van der Waals surface area contributed by atoms with E-state index in [4.69, 9.17) is 27.9 Å². The molecule has 0 unspecified atom stereocenters. The van der Waals surface area contributed by atoms with Gasteiger partial charge in [-0.05, 0) is 61.2 Å². The quantitative estimate of drug-likeness (QED) is 0.243. The number of imide groups is 1. The lowest BCUT2D eigenvalue weighted by Gasteiger charge is -2.22. The third-order valence-corrected chi connectivity index (χ3v) is 7.71. The highest BCUT2D eigenvalue weighted by molar-refractivity contribution is 6.36. The van der Waals surface area contributed by atoms with Gasteiger partial charge in [0.05, 0.1) is 34.2 Å². The second-order valence-electron chi connectivity index (χ2n) is 9.54. The standard InChI is InChI=1S/C27H24Cl2N2O5/c1-14-4-3-5-19-24(14)26(34)31(25(19)33)21-9-7-18(10-15(21)2)36-27(35)16-11-23(32)30(13-16)22-12-17(28)6-8-20(22)29/h3-4,6-10,12,14,16,19,24H,5,11,13H2,1-2H3/t14-,16+,19+,24+/m0/s1. The number of allylic oxidation sites excluding steroid dienone is 2. The Bertz CT molecular complexity index is 1320. The summed E-state index contributed by atoms with van der Waals surface area (Å²) in [6.07, 6.45) is 4.50. The van der Waals surface area contributed by atoms with Crippen LogP contribution in [-0.4, -0.2) is 30.2 Å². The van der Waals surface area contributed by atoms with Gasteiger partial charge in [-0.25, -0.2) is 4.90 Å². The van der Waals surface area contributed by atoms with Gasteiger partial charge in [0, 0.05) is 18.0 Å². The van der Waals surface area contributed by atoms with E-state index in [0.717, 1.165) is 0 Å². The minimum Gasteiger partial charge on any atom is -0.426 e. The highest BCUT2D eigenvalue weighted by Gasteiger charge is 2.50. The molecule has 7 nitrogen and oxygen atoms in total. The monoisotopic (exact) mass is 526 g/mol. The average Bonchev–Trinajstić information content (AvgIpc) is 3.34. The van der Waals surface area contributed by atoms with E-state index in [-0.39, 0.29) is 54.2 Å². The third-order valence-electron chi connectivity index (χ3n) is 7.16. The van der Waals surface area contributed by atoms with Crippen molar-refractivity contribution in [3.8, 4) is 5.75 Å². The number of hydrogen-bond donors (Lipinski definition) is 0. The number of aryl methyl sites for hydroxylation is 1. The van der Waals surface area contributed by atoms with Crippen molar-refractivity contribution in [2.45, 2.75) is 26.7 Å². The van der Waals surface area contributed by atoms with Crippen LogP contribution < -0.4 is 14.5 Å². The first-order valence-electron chi connectivity index (χ1n) is 11.8. The van der Waals surface area contributed by atoms with Crippen molar-refractivity contribution in [2.75, 3.05) is 16.3 Å². The summed E-state index contributed by atoms with van der Waals surface area (Å²) in [5.41, 5.74) is 1.58. The van der Waals surface area contributed by atoms with Crippen LogP contribution in [0.5, 0.6) is 5.75 Å². The number of carbonyl (C=O) groups excluding carboxylic acids is 4. The van der Waals surface area contributed by atoms with Crippen LogP contribution in [0.25, 0.3) is 0 Å². The Morgan fingerprint density at radius 1 is 1.03 bits per heavy atom. The summed E-state index contributed by atoms with van der Waals surface area (Å²) in [4.78, 5) is 54.3. The number of rotatable bonds is 4. The van der Waals surface area contributed by atoms with Crippen molar-refractivity contribution in [2.24, 2.45) is 23.7 Å². The van der Waals surface area contributed by atoms with Crippen LogP contribution in [0.15, 0.2) is 48.6 Å². The Balaban J connectivity index is 1.30. The Labute approximate surface area is 218 Å². The van der Waals surface area contributed by atoms with Crippen molar-refractivity contribution in [1.29, 1.82) is 0 Å². The maximum absolute atomic E-state index is 13.1. The zero-order chi connectivity index (χ0) is 25.7. The van der Waals surface area contributed by atoms with Gasteiger partial charge >= 0.3 is 5.97 Å². The molecule has 36 heavy (non-hydrogen) atoms. The molecule has 2 aliphatic heterocycles. The first-order chi connectivity index (χ1) is 17.2. The number of carbonyl (C=O) groups is 4. The lowest BCUT2D eigenvalue weighted by atomic mass is 9.78. The highest BCUT2D eigenvalue weighted by Crippen LogP contribution is 2.42. The molecule has 4 atom stereocenters. The van der Waals surface area contributed by atoms with Crippen molar-refractivity contribution >= 4 is 58.3 Å². The van der Waals surface area contributed by atoms with Crippen LogP contribution in [0.2, 0.25) is 10.0 Å². The van der Waals surface area contributed by atoms with Crippen LogP contribution in [0.3, 0.4) is 0 Å².